The minimum atomic E-state index is -4.51. The first-order chi connectivity index (χ1) is 10.7. The Labute approximate surface area is 132 Å². The Morgan fingerprint density at radius 2 is 1.61 bits per heavy atom. The average Bonchev–Trinajstić information content (AvgIpc) is 2.53. The zero-order valence-corrected chi connectivity index (χ0v) is 13.3. The molecule has 9 heteroatoms. The van der Waals surface area contributed by atoms with Gasteiger partial charge in [-0.25, -0.2) is 8.42 Å². The normalized spacial score (nSPS) is 17.3. The van der Waals surface area contributed by atoms with Gasteiger partial charge < -0.3 is 4.90 Å². The van der Waals surface area contributed by atoms with Crippen molar-refractivity contribution in [2.45, 2.75) is 24.4 Å². The standard InChI is InChI=1S/C14H17F3N2O3S/c1-2-13(20)18-7-9-19(10-8-18)23(21,22)12-5-3-11(4-6-12)14(15,16)17/h3-6H,2,7-10H2,1H3. The number of amides is 1. The first-order valence-corrected chi connectivity index (χ1v) is 8.55. The van der Waals surface area contributed by atoms with Gasteiger partial charge in [0.25, 0.3) is 0 Å². The molecule has 1 aliphatic heterocycles. The number of rotatable bonds is 3. The predicted octanol–water partition coefficient (Wildman–Crippen LogP) is 1.95. The average molecular weight is 350 g/mol. The molecule has 1 heterocycles. The second kappa shape index (κ2) is 6.48. The number of carbonyl (C=O) groups excluding carboxylic acids is 1. The van der Waals surface area contributed by atoms with Gasteiger partial charge in [-0.05, 0) is 24.3 Å². The molecule has 1 saturated heterocycles. The molecule has 2 rings (SSSR count). The zero-order chi connectivity index (χ0) is 17.3. The molecule has 23 heavy (non-hydrogen) atoms. The molecular weight excluding hydrogens is 333 g/mol. The van der Waals surface area contributed by atoms with Crippen LogP contribution in [0, 0.1) is 0 Å². The molecule has 0 spiro atoms. The van der Waals surface area contributed by atoms with Crippen LogP contribution in [0.2, 0.25) is 0 Å². The quantitative estimate of drug-likeness (QED) is 0.837. The highest BCUT2D eigenvalue weighted by atomic mass is 32.2. The fraction of sp³-hybridized carbons (Fsp3) is 0.500. The summed E-state index contributed by atoms with van der Waals surface area (Å²) in [6, 6.07) is 3.43. The summed E-state index contributed by atoms with van der Waals surface area (Å²) in [5, 5.41) is 0. The van der Waals surface area contributed by atoms with Crippen molar-refractivity contribution in [1.29, 1.82) is 0 Å². The number of halogens is 3. The summed E-state index contributed by atoms with van der Waals surface area (Å²) in [5.74, 6) is -0.0448. The Morgan fingerprint density at radius 1 is 1.09 bits per heavy atom. The van der Waals surface area contributed by atoms with Crippen LogP contribution in [0.1, 0.15) is 18.9 Å². The van der Waals surface area contributed by atoms with Crippen molar-refractivity contribution in [3.8, 4) is 0 Å². The maximum absolute atomic E-state index is 12.5. The molecule has 1 aromatic carbocycles. The van der Waals surface area contributed by atoms with Crippen molar-refractivity contribution >= 4 is 15.9 Å². The number of hydrogen-bond donors (Lipinski definition) is 0. The number of hydrogen-bond acceptors (Lipinski definition) is 3. The van der Waals surface area contributed by atoms with E-state index in [9.17, 15) is 26.4 Å². The Hall–Kier alpha value is -1.61. The molecule has 0 unspecified atom stereocenters. The van der Waals surface area contributed by atoms with Crippen LogP contribution in [0.25, 0.3) is 0 Å². The van der Waals surface area contributed by atoms with E-state index in [2.05, 4.69) is 0 Å². The van der Waals surface area contributed by atoms with E-state index >= 15 is 0 Å². The van der Waals surface area contributed by atoms with Gasteiger partial charge in [0.1, 0.15) is 0 Å². The topological polar surface area (TPSA) is 57.7 Å². The highest BCUT2D eigenvalue weighted by molar-refractivity contribution is 7.89. The highest BCUT2D eigenvalue weighted by Crippen LogP contribution is 2.30. The number of nitrogens with zero attached hydrogens (tertiary/aromatic N) is 2. The molecule has 128 valence electrons. The predicted molar refractivity (Wildman–Crippen MR) is 77.1 cm³/mol. The summed E-state index contributed by atoms with van der Waals surface area (Å²) in [5.41, 5.74) is -0.894. The number of carbonyl (C=O) groups is 1. The van der Waals surface area contributed by atoms with Crippen LogP contribution in [0.5, 0.6) is 0 Å². The van der Waals surface area contributed by atoms with Gasteiger partial charge in [-0.2, -0.15) is 17.5 Å². The SMILES string of the molecule is CCC(=O)N1CCN(S(=O)(=O)c2ccc(C(F)(F)F)cc2)CC1. The van der Waals surface area contributed by atoms with Crippen molar-refractivity contribution in [3.63, 3.8) is 0 Å². The molecule has 0 aliphatic carbocycles. The second-order valence-electron chi connectivity index (χ2n) is 5.16. The Morgan fingerprint density at radius 3 is 2.04 bits per heavy atom. The molecule has 1 aliphatic rings. The van der Waals surface area contributed by atoms with Gasteiger partial charge in [-0.1, -0.05) is 6.92 Å². The van der Waals surface area contributed by atoms with Crippen molar-refractivity contribution in [2.24, 2.45) is 0 Å². The number of alkyl halides is 3. The molecule has 5 nitrogen and oxygen atoms in total. The van der Waals surface area contributed by atoms with Crippen molar-refractivity contribution < 1.29 is 26.4 Å². The van der Waals surface area contributed by atoms with Crippen LogP contribution in [-0.4, -0.2) is 49.7 Å². The molecule has 0 atom stereocenters. The van der Waals surface area contributed by atoms with E-state index in [1.54, 1.807) is 11.8 Å². The molecule has 1 amide bonds. The van der Waals surface area contributed by atoms with E-state index < -0.39 is 21.8 Å². The summed E-state index contributed by atoms with van der Waals surface area (Å²) in [6.07, 6.45) is -4.15. The lowest BCUT2D eigenvalue weighted by Gasteiger charge is -2.33. The van der Waals surface area contributed by atoms with Gasteiger partial charge in [-0.15, -0.1) is 0 Å². The number of sulfonamides is 1. The number of piperazine rings is 1. The van der Waals surface area contributed by atoms with E-state index in [0.717, 1.165) is 24.3 Å². The summed E-state index contributed by atoms with van der Waals surface area (Å²) in [7, 11) is -3.85. The summed E-state index contributed by atoms with van der Waals surface area (Å²) in [6.45, 7) is 2.57. The maximum atomic E-state index is 12.5. The van der Waals surface area contributed by atoms with Crippen molar-refractivity contribution in [1.82, 2.24) is 9.21 Å². The molecule has 0 radical (unpaired) electrons. The largest absolute Gasteiger partial charge is 0.416 e. The molecule has 0 aromatic heterocycles. The van der Waals surface area contributed by atoms with Gasteiger partial charge in [0.15, 0.2) is 0 Å². The molecule has 0 N–H and O–H groups in total. The van der Waals surface area contributed by atoms with E-state index in [1.807, 2.05) is 0 Å². The lowest BCUT2D eigenvalue weighted by atomic mass is 10.2. The smallest absolute Gasteiger partial charge is 0.340 e. The minimum Gasteiger partial charge on any atom is -0.340 e. The summed E-state index contributed by atoms with van der Waals surface area (Å²) < 4.78 is 63.6. The molecule has 0 saturated carbocycles. The van der Waals surface area contributed by atoms with Gasteiger partial charge in [-0.3, -0.25) is 4.79 Å². The molecule has 1 fully saturated rings. The Kier molecular flexibility index (Phi) is 5.00. The van der Waals surface area contributed by atoms with E-state index in [4.69, 9.17) is 0 Å². The summed E-state index contributed by atoms with van der Waals surface area (Å²) in [4.78, 5) is 13.0. The van der Waals surface area contributed by atoms with Crippen molar-refractivity contribution in [3.05, 3.63) is 29.8 Å². The fourth-order valence-corrected chi connectivity index (χ4v) is 3.79. The molecule has 1 aromatic rings. The first-order valence-electron chi connectivity index (χ1n) is 7.11. The Bertz CT molecular complexity index is 664. The number of benzene rings is 1. The van der Waals surface area contributed by atoms with Gasteiger partial charge in [0.2, 0.25) is 15.9 Å². The summed E-state index contributed by atoms with van der Waals surface area (Å²) >= 11 is 0. The van der Waals surface area contributed by atoms with Crippen LogP contribution in [0.4, 0.5) is 13.2 Å². The first kappa shape index (κ1) is 17.7. The van der Waals surface area contributed by atoms with Gasteiger partial charge >= 0.3 is 6.18 Å². The van der Waals surface area contributed by atoms with Crippen LogP contribution in [-0.2, 0) is 21.0 Å². The molecule has 0 bridgehead atoms. The third kappa shape index (κ3) is 3.84. The zero-order valence-electron chi connectivity index (χ0n) is 12.5. The van der Waals surface area contributed by atoms with Gasteiger partial charge in [0, 0.05) is 32.6 Å². The van der Waals surface area contributed by atoms with Crippen LogP contribution in [0.3, 0.4) is 0 Å². The Balaban J connectivity index is 2.12. The highest BCUT2D eigenvalue weighted by Gasteiger charge is 2.33. The third-order valence-corrected chi connectivity index (χ3v) is 5.63. The monoisotopic (exact) mass is 350 g/mol. The lowest BCUT2D eigenvalue weighted by Crippen LogP contribution is -2.50. The van der Waals surface area contributed by atoms with Crippen LogP contribution >= 0.6 is 0 Å². The minimum absolute atomic E-state index is 0.0448. The molecular formula is C14H17F3N2O3S. The van der Waals surface area contributed by atoms with Crippen LogP contribution < -0.4 is 0 Å². The lowest BCUT2D eigenvalue weighted by molar-refractivity contribution is -0.137. The van der Waals surface area contributed by atoms with Crippen molar-refractivity contribution in [2.75, 3.05) is 26.2 Å². The second-order valence-corrected chi connectivity index (χ2v) is 7.10. The van der Waals surface area contributed by atoms with E-state index in [0.29, 0.717) is 6.42 Å². The van der Waals surface area contributed by atoms with Crippen LogP contribution in [0.15, 0.2) is 29.2 Å². The maximum Gasteiger partial charge on any atom is 0.416 e. The fourth-order valence-electron chi connectivity index (χ4n) is 2.37. The third-order valence-electron chi connectivity index (χ3n) is 3.71. The van der Waals surface area contributed by atoms with Gasteiger partial charge in [0.05, 0.1) is 10.5 Å². The van der Waals surface area contributed by atoms with E-state index in [-0.39, 0.29) is 37.0 Å². The van der Waals surface area contributed by atoms with E-state index in [1.165, 1.54) is 4.31 Å².